The Labute approximate surface area is 182 Å². The first-order valence-electron chi connectivity index (χ1n) is 10.8. The topological polar surface area (TPSA) is 133 Å². The number of benzene rings is 1. The highest BCUT2D eigenvalue weighted by molar-refractivity contribution is 5.98. The van der Waals surface area contributed by atoms with E-state index in [1.807, 2.05) is 13.8 Å². The average molecular weight is 433 g/mol. The number of amides is 2. The molecule has 8 heteroatoms. The van der Waals surface area contributed by atoms with E-state index >= 15 is 0 Å². The summed E-state index contributed by atoms with van der Waals surface area (Å²) in [5, 5.41) is 23.8. The van der Waals surface area contributed by atoms with E-state index in [4.69, 9.17) is 5.11 Å². The fourth-order valence-corrected chi connectivity index (χ4v) is 4.12. The van der Waals surface area contributed by atoms with Crippen LogP contribution in [-0.4, -0.2) is 40.0 Å². The highest BCUT2D eigenvalue weighted by atomic mass is 16.4. The number of nitrogens with one attached hydrogen (secondary N) is 2. The molecule has 2 unspecified atom stereocenters. The number of carboxylic acids is 2. The molecule has 0 bridgehead atoms. The van der Waals surface area contributed by atoms with Gasteiger partial charge in [-0.1, -0.05) is 33.1 Å². The first kappa shape index (κ1) is 24.4. The summed E-state index contributed by atoms with van der Waals surface area (Å²) in [6, 6.07) is 5.05. The van der Waals surface area contributed by atoms with Crippen LogP contribution >= 0.6 is 0 Å². The van der Waals surface area contributed by atoms with Crippen LogP contribution in [0.3, 0.4) is 0 Å². The van der Waals surface area contributed by atoms with Crippen molar-refractivity contribution in [3.8, 4) is 0 Å². The Bertz CT molecular complexity index is 784. The van der Waals surface area contributed by atoms with Crippen LogP contribution in [-0.2, 0) is 14.4 Å². The van der Waals surface area contributed by atoms with Crippen LogP contribution in [0.15, 0.2) is 24.3 Å². The molecule has 1 saturated carbocycles. The van der Waals surface area contributed by atoms with Crippen molar-refractivity contribution < 1.29 is 29.4 Å². The van der Waals surface area contributed by atoms with E-state index in [1.54, 1.807) is 0 Å². The fourth-order valence-electron chi connectivity index (χ4n) is 4.12. The van der Waals surface area contributed by atoms with Crippen molar-refractivity contribution in [2.24, 2.45) is 17.8 Å². The van der Waals surface area contributed by atoms with Gasteiger partial charge in [0, 0.05) is 11.6 Å². The maximum atomic E-state index is 13.1. The van der Waals surface area contributed by atoms with Crippen molar-refractivity contribution in [2.45, 2.75) is 64.8 Å². The van der Waals surface area contributed by atoms with Crippen LogP contribution in [0.1, 0.15) is 69.2 Å². The number of aliphatic carboxylic acids is 1. The van der Waals surface area contributed by atoms with Crippen LogP contribution in [0.25, 0.3) is 0 Å². The number of hydrogen-bond acceptors (Lipinski definition) is 4. The van der Waals surface area contributed by atoms with Crippen LogP contribution in [0.5, 0.6) is 0 Å². The van der Waals surface area contributed by atoms with Crippen molar-refractivity contribution in [2.75, 3.05) is 5.32 Å². The largest absolute Gasteiger partial charge is 0.481 e. The smallest absolute Gasteiger partial charge is 0.335 e. The van der Waals surface area contributed by atoms with E-state index in [-0.39, 0.29) is 29.7 Å². The van der Waals surface area contributed by atoms with E-state index in [0.717, 1.165) is 32.1 Å². The molecule has 1 aliphatic carbocycles. The van der Waals surface area contributed by atoms with Gasteiger partial charge in [-0.3, -0.25) is 14.4 Å². The zero-order valence-electron chi connectivity index (χ0n) is 18.1. The quantitative estimate of drug-likeness (QED) is 0.447. The molecule has 0 heterocycles. The van der Waals surface area contributed by atoms with Gasteiger partial charge in [-0.15, -0.1) is 0 Å². The van der Waals surface area contributed by atoms with Gasteiger partial charge in [0.15, 0.2) is 0 Å². The average Bonchev–Trinajstić information content (AvgIpc) is 2.71. The predicted octanol–water partition coefficient (Wildman–Crippen LogP) is 3.53. The summed E-state index contributed by atoms with van der Waals surface area (Å²) in [4.78, 5) is 48.2. The minimum absolute atomic E-state index is 0.0273. The van der Waals surface area contributed by atoms with Crippen molar-refractivity contribution in [3.63, 3.8) is 0 Å². The first-order valence-corrected chi connectivity index (χ1v) is 10.8. The molecule has 0 spiro atoms. The molecular weight excluding hydrogens is 400 g/mol. The minimum atomic E-state index is -1.06. The summed E-state index contributed by atoms with van der Waals surface area (Å²) in [5.41, 5.74) is 0.551. The lowest BCUT2D eigenvalue weighted by Gasteiger charge is -2.31. The number of carbonyl (C=O) groups is 4. The van der Waals surface area contributed by atoms with Gasteiger partial charge in [0.2, 0.25) is 11.8 Å². The fraction of sp³-hybridized carbons (Fsp3) is 0.565. The van der Waals surface area contributed by atoms with Gasteiger partial charge in [0.05, 0.1) is 12.0 Å². The molecule has 2 amide bonds. The molecule has 1 fully saturated rings. The first-order chi connectivity index (χ1) is 14.7. The molecule has 2 atom stereocenters. The van der Waals surface area contributed by atoms with E-state index in [0.29, 0.717) is 12.1 Å². The Morgan fingerprint density at radius 3 is 2.10 bits per heavy atom. The lowest BCUT2D eigenvalue weighted by Crippen LogP contribution is -2.51. The predicted molar refractivity (Wildman–Crippen MR) is 116 cm³/mol. The van der Waals surface area contributed by atoms with Crippen molar-refractivity contribution in [1.82, 2.24) is 5.32 Å². The second kappa shape index (κ2) is 11.5. The number of hydrogen-bond donors (Lipinski definition) is 4. The summed E-state index contributed by atoms with van der Waals surface area (Å²) in [6.07, 6.45) is 4.80. The maximum Gasteiger partial charge on any atom is 0.335 e. The van der Waals surface area contributed by atoms with E-state index < -0.39 is 29.8 Å². The summed E-state index contributed by atoms with van der Waals surface area (Å²) < 4.78 is 0. The molecule has 8 nitrogen and oxygen atoms in total. The van der Waals surface area contributed by atoms with Gasteiger partial charge >= 0.3 is 11.9 Å². The van der Waals surface area contributed by atoms with Crippen LogP contribution < -0.4 is 10.6 Å². The molecule has 2 rings (SSSR count). The Morgan fingerprint density at radius 1 is 0.968 bits per heavy atom. The molecule has 0 aromatic heterocycles. The molecule has 0 saturated heterocycles. The third-order valence-electron chi connectivity index (χ3n) is 5.65. The highest BCUT2D eigenvalue weighted by Crippen LogP contribution is 2.28. The molecule has 4 N–H and O–H groups in total. The summed E-state index contributed by atoms with van der Waals surface area (Å²) in [6.45, 7) is 3.85. The zero-order chi connectivity index (χ0) is 23.0. The SMILES string of the molecule is CC(C)CC(CC(=O)O)C(=O)NC(C(=O)Nc1ccc(C(=O)O)cc1)C1CCCCC1. The molecule has 1 aromatic carbocycles. The summed E-state index contributed by atoms with van der Waals surface area (Å²) in [5.74, 6) is -3.47. The van der Waals surface area contributed by atoms with Crippen molar-refractivity contribution in [3.05, 3.63) is 29.8 Å². The number of aromatic carboxylic acids is 1. The number of anilines is 1. The Hall–Kier alpha value is -2.90. The monoisotopic (exact) mass is 432 g/mol. The lowest BCUT2D eigenvalue weighted by atomic mass is 9.83. The second-order valence-corrected chi connectivity index (χ2v) is 8.68. The third kappa shape index (κ3) is 7.70. The molecule has 0 radical (unpaired) electrons. The van der Waals surface area contributed by atoms with E-state index in [9.17, 15) is 24.3 Å². The van der Waals surface area contributed by atoms with E-state index in [2.05, 4.69) is 10.6 Å². The van der Waals surface area contributed by atoms with Gasteiger partial charge in [-0.25, -0.2) is 4.79 Å². The van der Waals surface area contributed by atoms with Crippen LogP contribution in [0.4, 0.5) is 5.69 Å². The Kier molecular flexibility index (Phi) is 9.03. The van der Waals surface area contributed by atoms with Gasteiger partial charge in [-0.05, 0) is 55.4 Å². The van der Waals surface area contributed by atoms with Gasteiger partial charge in [0.25, 0.3) is 0 Å². The molecule has 1 aliphatic rings. The molecular formula is C23H32N2O6. The number of carbonyl (C=O) groups excluding carboxylic acids is 2. The maximum absolute atomic E-state index is 13.1. The van der Waals surface area contributed by atoms with Gasteiger partial charge in [0.1, 0.15) is 6.04 Å². The van der Waals surface area contributed by atoms with Crippen LogP contribution in [0.2, 0.25) is 0 Å². The normalized spacial score (nSPS) is 16.4. The lowest BCUT2D eigenvalue weighted by molar-refractivity contribution is -0.142. The van der Waals surface area contributed by atoms with E-state index in [1.165, 1.54) is 24.3 Å². The third-order valence-corrected chi connectivity index (χ3v) is 5.65. The molecule has 31 heavy (non-hydrogen) atoms. The van der Waals surface area contributed by atoms with Crippen molar-refractivity contribution in [1.29, 1.82) is 0 Å². The number of rotatable bonds is 10. The summed E-state index contributed by atoms with van der Waals surface area (Å²) >= 11 is 0. The Balaban J connectivity index is 2.16. The molecule has 0 aliphatic heterocycles. The van der Waals surface area contributed by atoms with Crippen molar-refractivity contribution >= 4 is 29.4 Å². The van der Waals surface area contributed by atoms with Gasteiger partial charge < -0.3 is 20.8 Å². The second-order valence-electron chi connectivity index (χ2n) is 8.68. The zero-order valence-corrected chi connectivity index (χ0v) is 18.1. The minimum Gasteiger partial charge on any atom is -0.481 e. The summed E-state index contributed by atoms with van der Waals surface area (Å²) in [7, 11) is 0. The Morgan fingerprint density at radius 2 is 1.58 bits per heavy atom. The van der Waals surface area contributed by atoms with Gasteiger partial charge in [-0.2, -0.15) is 0 Å². The van der Waals surface area contributed by atoms with Crippen LogP contribution in [0, 0.1) is 17.8 Å². The molecule has 1 aromatic rings. The standard InChI is InChI=1S/C23H32N2O6/c1-14(2)12-17(13-19(26)27)21(28)25-20(15-6-4-3-5-7-15)22(29)24-18-10-8-16(9-11-18)23(30)31/h8-11,14-15,17,20H,3-7,12-13H2,1-2H3,(H,24,29)(H,25,28)(H,26,27)(H,30,31). The highest BCUT2D eigenvalue weighted by Gasteiger charge is 2.33. The number of carboxylic acid groups (broad SMARTS) is 2. The molecule has 170 valence electrons.